The molecule has 4 heterocycles. The molecule has 0 aliphatic carbocycles. The van der Waals surface area contributed by atoms with Crippen LogP contribution in [-0.2, 0) is 4.79 Å². The van der Waals surface area contributed by atoms with Crippen molar-refractivity contribution in [2.75, 3.05) is 19.7 Å². The van der Waals surface area contributed by atoms with E-state index in [9.17, 15) is 14.7 Å². The highest BCUT2D eigenvalue weighted by molar-refractivity contribution is 5.97. The van der Waals surface area contributed by atoms with Gasteiger partial charge in [0.1, 0.15) is 6.54 Å². The predicted molar refractivity (Wildman–Crippen MR) is 114 cm³/mol. The Labute approximate surface area is 180 Å². The van der Waals surface area contributed by atoms with E-state index in [2.05, 4.69) is 9.97 Å². The van der Waals surface area contributed by atoms with Gasteiger partial charge < -0.3 is 14.9 Å². The molecule has 31 heavy (non-hydrogen) atoms. The number of benzene rings is 1. The molecule has 1 N–H and O–H groups in total. The van der Waals surface area contributed by atoms with Crippen LogP contribution >= 0.6 is 0 Å². The molecule has 0 bridgehead atoms. The Morgan fingerprint density at radius 2 is 1.77 bits per heavy atom. The predicted octanol–water partition coefficient (Wildman–Crippen LogP) is 1.95. The smallest absolute Gasteiger partial charge is 0.254 e. The van der Waals surface area contributed by atoms with E-state index in [0.29, 0.717) is 12.1 Å². The minimum atomic E-state index is -0.264. The van der Waals surface area contributed by atoms with E-state index in [1.54, 1.807) is 40.5 Å². The van der Waals surface area contributed by atoms with Crippen LogP contribution in [0.3, 0.4) is 0 Å². The van der Waals surface area contributed by atoms with Crippen molar-refractivity contribution >= 4 is 11.8 Å². The first kappa shape index (κ1) is 19.4. The van der Waals surface area contributed by atoms with Gasteiger partial charge in [-0.2, -0.15) is 0 Å². The zero-order valence-corrected chi connectivity index (χ0v) is 16.8. The van der Waals surface area contributed by atoms with Crippen LogP contribution in [0.1, 0.15) is 21.8 Å². The summed E-state index contributed by atoms with van der Waals surface area (Å²) >= 11 is 0. The van der Waals surface area contributed by atoms with Gasteiger partial charge in [0, 0.05) is 42.8 Å². The molecule has 2 aliphatic rings. The Kier molecular flexibility index (Phi) is 4.95. The number of pyridine rings is 2. The molecule has 0 spiro atoms. The van der Waals surface area contributed by atoms with Gasteiger partial charge in [0.25, 0.3) is 5.91 Å². The van der Waals surface area contributed by atoms with Crippen molar-refractivity contribution in [3.8, 4) is 11.1 Å². The molecule has 2 amide bonds. The molecular weight excluding hydrogens is 392 g/mol. The number of hydrogen-bond donors (Lipinski definition) is 1. The van der Waals surface area contributed by atoms with Crippen molar-refractivity contribution < 1.29 is 14.7 Å². The molecule has 7 nitrogen and oxygen atoms in total. The highest BCUT2D eigenvalue weighted by Gasteiger charge is 2.54. The first-order valence-corrected chi connectivity index (χ1v) is 10.3. The van der Waals surface area contributed by atoms with Gasteiger partial charge in [-0.05, 0) is 34.9 Å². The zero-order valence-electron chi connectivity index (χ0n) is 16.8. The number of nitrogens with zero attached hydrogens (tertiary/aromatic N) is 4. The third-order valence-electron chi connectivity index (χ3n) is 6.26. The summed E-state index contributed by atoms with van der Waals surface area (Å²) in [5.74, 6) is -0.320. The van der Waals surface area contributed by atoms with Crippen LogP contribution in [0.15, 0.2) is 73.3 Å². The first-order valence-electron chi connectivity index (χ1n) is 10.3. The lowest BCUT2D eigenvalue weighted by Crippen LogP contribution is -2.73. The van der Waals surface area contributed by atoms with Gasteiger partial charge in [0.15, 0.2) is 0 Å². The van der Waals surface area contributed by atoms with E-state index >= 15 is 0 Å². The van der Waals surface area contributed by atoms with E-state index in [-0.39, 0.29) is 43.0 Å². The number of rotatable bonds is 4. The van der Waals surface area contributed by atoms with Crippen LogP contribution in [0.25, 0.3) is 11.1 Å². The summed E-state index contributed by atoms with van der Waals surface area (Å²) in [4.78, 5) is 37.1. The Balaban J connectivity index is 1.39. The van der Waals surface area contributed by atoms with E-state index in [1.165, 1.54) is 0 Å². The van der Waals surface area contributed by atoms with Crippen molar-refractivity contribution in [1.82, 2.24) is 19.8 Å². The third-order valence-corrected chi connectivity index (χ3v) is 6.26. The number of piperazine rings is 1. The van der Waals surface area contributed by atoms with Gasteiger partial charge in [-0.1, -0.05) is 30.3 Å². The molecule has 5 rings (SSSR count). The zero-order chi connectivity index (χ0) is 21.4. The molecule has 2 aliphatic heterocycles. The van der Waals surface area contributed by atoms with Crippen molar-refractivity contribution in [3.05, 3.63) is 84.4 Å². The van der Waals surface area contributed by atoms with E-state index in [4.69, 9.17) is 0 Å². The monoisotopic (exact) mass is 414 g/mol. The summed E-state index contributed by atoms with van der Waals surface area (Å²) in [6, 6.07) is 15.0. The topological polar surface area (TPSA) is 86.6 Å². The highest BCUT2D eigenvalue weighted by atomic mass is 16.3. The van der Waals surface area contributed by atoms with Crippen LogP contribution in [0.5, 0.6) is 0 Å². The number of aliphatic hydroxyl groups is 1. The normalized spacial score (nSPS) is 22.6. The molecule has 3 atom stereocenters. The van der Waals surface area contributed by atoms with Gasteiger partial charge in [-0.15, -0.1) is 0 Å². The van der Waals surface area contributed by atoms with E-state index in [0.717, 1.165) is 16.7 Å². The summed E-state index contributed by atoms with van der Waals surface area (Å²) in [6.45, 7) is 0.370. The fourth-order valence-electron chi connectivity index (χ4n) is 4.76. The Bertz CT molecular complexity index is 1090. The molecule has 1 aromatic carbocycles. The second-order valence-electron chi connectivity index (χ2n) is 7.93. The van der Waals surface area contributed by atoms with Gasteiger partial charge in [0.2, 0.25) is 5.91 Å². The number of amides is 2. The van der Waals surface area contributed by atoms with Gasteiger partial charge in [-0.3, -0.25) is 19.6 Å². The first-order chi connectivity index (χ1) is 15.2. The minimum absolute atomic E-state index is 0.0232. The summed E-state index contributed by atoms with van der Waals surface area (Å²) in [5.41, 5.74) is 3.67. The number of aromatic nitrogens is 2. The maximum Gasteiger partial charge on any atom is 0.254 e. The van der Waals surface area contributed by atoms with Crippen LogP contribution in [0, 0.1) is 0 Å². The number of aliphatic hydroxyl groups excluding tert-OH is 1. The van der Waals surface area contributed by atoms with Crippen molar-refractivity contribution in [2.24, 2.45) is 0 Å². The van der Waals surface area contributed by atoms with Crippen LogP contribution in [-0.4, -0.2) is 68.5 Å². The molecule has 3 aromatic rings. The standard InChI is InChI=1S/C24H22N4O3/c29-15-21-23(17-5-3-16(4-6-17)19-2-1-9-26-12-19)20-13-27(14-22(30)28(20)21)24(31)18-7-10-25-11-8-18/h1-12,20-21,23,29H,13-15H2/t20-,21+,23-/m1/s1. The molecule has 2 fully saturated rings. The maximum absolute atomic E-state index is 12.9. The molecule has 0 radical (unpaired) electrons. The fraction of sp³-hybridized carbons (Fsp3) is 0.250. The maximum atomic E-state index is 12.9. The van der Waals surface area contributed by atoms with Gasteiger partial charge in [0.05, 0.1) is 18.7 Å². The number of fused-ring (bicyclic) bond motifs is 1. The minimum Gasteiger partial charge on any atom is -0.394 e. The lowest BCUT2D eigenvalue weighted by molar-refractivity contribution is -0.159. The number of carbonyl (C=O) groups is 2. The molecule has 2 saturated heterocycles. The summed E-state index contributed by atoms with van der Waals surface area (Å²) in [7, 11) is 0. The Morgan fingerprint density at radius 3 is 2.45 bits per heavy atom. The molecule has 0 saturated carbocycles. The molecule has 0 unspecified atom stereocenters. The quantitative estimate of drug-likeness (QED) is 0.705. The van der Waals surface area contributed by atoms with Gasteiger partial charge in [-0.25, -0.2) is 0 Å². The summed E-state index contributed by atoms with van der Waals surface area (Å²) in [5, 5.41) is 9.97. The molecule has 2 aromatic heterocycles. The van der Waals surface area contributed by atoms with Crippen LogP contribution < -0.4 is 0 Å². The average Bonchev–Trinajstić information content (AvgIpc) is 2.81. The average molecular weight is 414 g/mol. The summed E-state index contributed by atoms with van der Waals surface area (Å²) < 4.78 is 0. The molecule has 156 valence electrons. The summed E-state index contributed by atoms with van der Waals surface area (Å²) in [6.07, 6.45) is 6.71. The fourth-order valence-corrected chi connectivity index (χ4v) is 4.76. The largest absolute Gasteiger partial charge is 0.394 e. The highest BCUT2D eigenvalue weighted by Crippen LogP contribution is 2.43. The van der Waals surface area contributed by atoms with Gasteiger partial charge >= 0.3 is 0 Å². The molecular formula is C24H22N4O3. The second-order valence-corrected chi connectivity index (χ2v) is 7.93. The van der Waals surface area contributed by atoms with Crippen molar-refractivity contribution in [2.45, 2.75) is 18.0 Å². The van der Waals surface area contributed by atoms with Crippen molar-refractivity contribution in [3.63, 3.8) is 0 Å². The number of hydrogen-bond acceptors (Lipinski definition) is 5. The Morgan fingerprint density at radius 1 is 1.00 bits per heavy atom. The van der Waals surface area contributed by atoms with Crippen LogP contribution in [0.2, 0.25) is 0 Å². The van der Waals surface area contributed by atoms with E-state index in [1.807, 2.05) is 42.6 Å². The van der Waals surface area contributed by atoms with Crippen molar-refractivity contribution in [1.29, 1.82) is 0 Å². The second kappa shape index (κ2) is 7.92. The van der Waals surface area contributed by atoms with Crippen LogP contribution in [0.4, 0.5) is 0 Å². The lowest BCUT2D eigenvalue weighted by atomic mass is 9.73. The Hall–Kier alpha value is -3.58. The SMILES string of the molecule is O=C(c1ccncc1)N1CC(=O)N2[C@H](C1)[C@@H](c1ccc(-c3cccnc3)cc1)[C@@H]2CO. The van der Waals surface area contributed by atoms with E-state index < -0.39 is 0 Å². The third kappa shape index (κ3) is 3.37. The molecule has 7 heteroatoms. The lowest BCUT2D eigenvalue weighted by Gasteiger charge is -2.58. The number of carbonyl (C=O) groups excluding carboxylic acids is 2.